The van der Waals surface area contributed by atoms with E-state index in [9.17, 15) is 14.4 Å². The number of piperidine rings is 3. The largest absolute Gasteiger partial charge is 0.348 e. The van der Waals surface area contributed by atoms with Crippen molar-refractivity contribution < 1.29 is 9.59 Å². The third-order valence-corrected chi connectivity index (χ3v) is 8.26. The SMILES string of the molecule is O=C(Cn1cnc2nc(N3CCC(C(=O)N4CCCCC4)CC3)sc2c1=O)N1CCCCC1. The molecule has 2 amide bonds. The number of likely N-dealkylation sites (tertiary alicyclic amines) is 2. The van der Waals surface area contributed by atoms with Crippen molar-refractivity contribution in [2.45, 2.75) is 57.9 Å². The third-order valence-electron chi connectivity index (χ3n) is 7.17. The van der Waals surface area contributed by atoms with Crippen LogP contribution < -0.4 is 10.5 Å². The lowest BCUT2D eigenvalue weighted by atomic mass is 9.94. The molecular weight excluding hydrogens is 440 g/mol. The van der Waals surface area contributed by atoms with Crippen molar-refractivity contribution in [2.75, 3.05) is 44.2 Å². The topological polar surface area (TPSA) is 91.6 Å². The Balaban J connectivity index is 1.24. The van der Waals surface area contributed by atoms with Crippen molar-refractivity contribution in [3.8, 4) is 0 Å². The highest BCUT2D eigenvalue weighted by atomic mass is 32.1. The van der Waals surface area contributed by atoms with Crippen molar-refractivity contribution in [2.24, 2.45) is 5.92 Å². The van der Waals surface area contributed by atoms with E-state index in [-0.39, 0.29) is 23.9 Å². The highest BCUT2D eigenvalue weighted by Gasteiger charge is 2.30. The van der Waals surface area contributed by atoms with Crippen LogP contribution in [0.15, 0.2) is 11.1 Å². The lowest BCUT2D eigenvalue weighted by Gasteiger charge is -2.35. The summed E-state index contributed by atoms with van der Waals surface area (Å²) in [6.07, 6.45) is 9.73. The van der Waals surface area contributed by atoms with Gasteiger partial charge in [0.05, 0.1) is 0 Å². The molecule has 0 N–H and O–H groups in total. The molecule has 9 nitrogen and oxygen atoms in total. The monoisotopic (exact) mass is 472 g/mol. The second kappa shape index (κ2) is 9.79. The minimum atomic E-state index is -0.204. The van der Waals surface area contributed by atoms with E-state index in [4.69, 9.17) is 0 Å². The molecule has 2 aromatic heterocycles. The van der Waals surface area contributed by atoms with E-state index < -0.39 is 0 Å². The highest BCUT2D eigenvalue weighted by Crippen LogP contribution is 2.30. The van der Waals surface area contributed by atoms with Gasteiger partial charge in [-0.05, 0) is 51.4 Å². The van der Waals surface area contributed by atoms with E-state index in [0.717, 1.165) is 89.3 Å². The Morgan fingerprint density at radius 3 is 2.21 bits per heavy atom. The zero-order chi connectivity index (χ0) is 22.8. The van der Waals surface area contributed by atoms with Crippen molar-refractivity contribution in [3.63, 3.8) is 0 Å². The van der Waals surface area contributed by atoms with E-state index >= 15 is 0 Å². The first-order chi connectivity index (χ1) is 16.1. The van der Waals surface area contributed by atoms with Crippen LogP contribution in [0.4, 0.5) is 5.13 Å². The fourth-order valence-corrected chi connectivity index (χ4v) is 6.18. The van der Waals surface area contributed by atoms with Crippen LogP contribution in [0.5, 0.6) is 0 Å². The van der Waals surface area contributed by atoms with Gasteiger partial charge in [0.2, 0.25) is 11.8 Å². The Bertz CT molecular complexity index is 1060. The molecule has 3 fully saturated rings. The first-order valence-electron chi connectivity index (χ1n) is 12.3. The van der Waals surface area contributed by atoms with E-state index in [1.807, 2.05) is 9.80 Å². The summed E-state index contributed by atoms with van der Waals surface area (Å²) in [5, 5.41) is 0.776. The average Bonchev–Trinajstić information content (AvgIpc) is 3.32. The third kappa shape index (κ3) is 4.76. The smallest absolute Gasteiger partial charge is 0.273 e. The van der Waals surface area contributed by atoms with Gasteiger partial charge < -0.3 is 14.7 Å². The minimum absolute atomic E-state index is 0.0249. The maximum absolute atomic E-state index is 13.0. The molecule has 33 heavy (non-hydrogen) atoms. The molecular formula is C23H32N6O3S. The Morgan fingerprint density at radius 2 is 1.55 bits per heavy atom. The minimum Gasteiger partial charge on any atom is -0.348 e. The van der Waals surface area contributed by atoms with Gasteiger partial charge in [0.1, 0.15) is 17.6 Å². The van der Waals surface area contributed by atoms with Crippen LogP contribution in [0.2, 0.25) is 0 Å². The van der Waals surface area contributed by atoms with Crippen LogP contribution in [0.1, 0.15) is 51.4 Å². The van der Waals surface area contributed by atoms with Gasteiger partial charge in [-0.3, -0.25) is 19.0 Å². The standard InChI is InChI=1S/C23H32N6O3S/c30-18(26-9-3-1-4-10-26)15-29-16-24-20-19(22(29)32)33-23(25-20)28-13-7-17(8-14-28)21(31)27-11-5-2-6-12-27/h16-17H,1-15H2. The summed E-state index contributed by atoms with van der Waals surface area (Å²) in [6, 6.07) is 0. The van der Waals surface area contributed by atoms with Gasteiger partial charge in [0, 0.05) is 45.2 Å². The maximum Gasteiger partial charge on any atom is 0.273 e. The maximum atomic E-state index is 13.0. The second-order valence-corrected chi connectivity index (χ2v) is 10.4. The number of carbonyl (C=O) groups excluding carboxylic acids is 2. The molecule has 0 aliphatic carbocycles. The van der Waals surface area contributed by atoms with Gasteiger partial charge in [-0.2, -0.15) is 4.98 Å². The molecule has 3 aliphatic heterocycles. The molecule has 3 aliphatic rings. The van der Waals surface area contributed by atoms with Crippen LogP contribution in [0.3, 0.4) is 0 Å². The molecule has 0 radical (unpaired) electrons. The summed E-state index contributed by atoms with van der Waals surface area (Å²) in [4.78, 5) is 53.4. The molecule has 3 saturated heterocycles. The van der Waals surface area contributed by atoms with E-state index in [2.05, 4.69) is 14.9 Å². The summed E-state index contributed by atoms with van der Waals surface area (Å²) < 4.78 is 1.90. The molecule has 0 atom stereocenters. The molecule has 5 heterocycles. The van der Waals surface area contributed by atoms with Gasteiger partial charge in [-0.1, -0.05) is 11.3 Å². The number of hydrogen-bond acceptors (Lipinski definition) is 7. The number of carbonyl (C=O) groups is 2. The van der Waals surface area contributed by atoms with Crippen LogP contribution in [0, 0.1) is 5.92 Å². The van der Waals surface area contributed by atoms with Crippen LogP contribution in [-0.4, -0.2) is 75.4 Å². The van der Waals surface area contributed by atoms with Gasteiger partial charge in [-0.25, -0.2) is 4.98 Å². The van der Waals surface area contributed by atoms with Crippen LogP contribution in [0.25, 0.3) is 10.3 Å². The Labute approximate surface area is 197 Å². The number of anilines is 1. The van der Waals surface area contributed by atoms with Gasteiger partial charge in [0.25, 0.3) is 5.56 Å². The first-order valence-corrected chi connectivity index (χ1v) is 13.1. The second-order valence-electron chi connectivity index (χ2n) is 9.42. The Morgan fingerprint density at radius 1 is 0.909 bits per heavy atom. The summed E-state index contributed by atoms with van der Waals surface area (Å²) in [6.45, 7) is 4.87. The number of amides is 2. The van der Waals surface area contributed by atoms with Crippen molar-refractivity contribution >= 4 is 38.6 Å². The van der Waals surface area contributed by atoms with Crippen LogP contribution >= 0.6 is 11.3 Å². The van der Waals surface area contributed by atoms with Gasteiger partial charge in [0.15, 0.2) is 10.8 Å². The molecule has 0 bridgehead atoms. The number of thiazole rings is 1. The molecule has 0 unspecified atom stereocenters. The predicted molar refractivity (Wildman–Crippen MR) is 127 cm³/mol. The van der Waals surface area contributed by atoms with E-state index in [0.29, 0.717) is 16.3 Å². The number of nitrogens with zero attached hydrogens (tertiary/aromatic N) is 6. The van der Waals surface area contributed by atoms with Gasteiger partial charge >= 0.3 is 0 Å². The van der Waals surface area contributed by atoms with Gasteiger partial charge in [-0.15, -0.1) is 0 Å². The molecule has 0 saturated carbocycles. The Hall–Kier alpha value is -2.49. The summed E-state index contributed by atoms with van der Waals surface area (Å²) in [7, 11) is 0. The summed E-state index contributed by atoms with van der Waals surface area (Å²) >= 11 is 1.34. The van der Waals surface area contributed by atoms with Crippen molar-refractivity contribution in [3.05, 3.63) is 16.7 Å². The molecule has 10 heteroatoms. The molecule has 2 aromatic rings. The van der Waals surface area contributed by atoms with Crippen molar-refractivity contribution in [1.29, 1.82) is 0 Å². The van der Waals surface area contributed by atoms with E-state index in [1.165, 1.54) is 28.7 Å². The fourth-order valence-electron chi connectivity index (χ4n) is 5.16. The molecule has 178 valence electrons. The summed E-state index contributed by atoms with van der Waals surface area (Å²) in [5.74, 6) is 0.370. The molecule has 0 spiro atoms. The summed E-state index contributed by atoms with van der Waals surface area (Å²) in [5.41, 5.74) is 0.234. The number of hydrogen-bond donors (Lipinski definition) is 0. The van der Waals surface area contributed by atoms with Crippen molar-refractivity contribution in [1.82, 2.24) is 24.3 Å². The molecule has 5 rings (SSSR count). The first kappa shape index (κ1) is 22.3. The fraction of sp³-hybridized carbons (Fsp3) is 0.696. The average molecular weight is 473 g/mol. The number of rotatable bonds is 4. The number of fused-ring (bicyclic) bond motifs is 1. The number of aromatic nitrogens is 3. The highest BCUT2D eigenvalue weighted by molar-refractivity contribution is 7.22. The van der Waals surface area contributed by atoms with E-state index in [1.54, 1.807) is 0 Å². The lowest BCUT2D eigenvalue weighted by Crippen LogP contribution is -2.44. The van der Waals surface area contributed by atoms with Crippen LogP contribution in [-0.2, 0) is 16.1 Å². The molecule has 0 aromatic carbocycles. The quantitative estimate of drug-likeness (QED) is 0.677. The lowest BCUT2D eigenvalue weighted by molar-refractivity contribution is -0.137. The zero-order valence-corrected chi connectivity index (χ0v) is 19.9. The predicted octanol–water partition coefficient (Wildman–Crippen LogP) is 2.09. The normalized spacial score (nSPS) is 20.4. The Kier molecular flexibility index (Phi) is 6.62. The zero-order valence-electron chi connectivity index (χ0n) is 19.1.